The highest BCUT2D eigenvalue weighted by atomic mass is 16.5. The molecule has 0 unspecified atom stereocenters. The summed E-state index contributed by atoms with van der Waals surface area (Å²) in [7, 11) is 0. The van der Waals surface area contributed by atoms with E-state index in [4.69, 9.17) is 10.5 Å². The van der Waals surface area contributed by atoms with Crippen molar-refractivity contribution in [1.82, 2.24) is 9.80 Å². The minimum absolute atomic E-state index is 0.0707. The van der Waals surface area contributed by atoms with E-state index in [1.165, 1.54) is 0 Å². The normalized spacial score (nSPS) is 19.8. The fraction of sp³-hybridized carbons (Fsp3) is 0.500. The molecule has 102 valence electrons. The number of benzene rings is 1. The predicted octanol–water partition coefficient (Wildman–Crippen LogP) is 0.557. The minimum Gasteiger partial charge on any atom is -0.398 e. The van der Waals surface area contributed by atoms with Gasteiger partial charge < -0.3 is 15.4 Å². The number of rotatable bonds is 3. The molecule has 1 fully saturated rings. The highest BCUT2D eigenvalue weighted by Gasteiger charge is 2.29. The van der Waals surface area contributed by atoms with E-state index in [-0.39, 0.29) is 5.91 Å². The van der Waals surface area contributed by atoms with Crippen LogP contribution < -0.4 is 5.73 Å². The summed E-state index contributed by atoms with van der Waals surface area (Å²) < 4.78 is 5.32. The van der Waals surface area contributed by atoms with Crippen molar-refractivity contribution in [3.8, 4) is 0 Å². The van der Waals surface area contributed by atoms with Crippen LogP contribution in [0.4, 0.5) is 5.69 Å². The fourth-order valence-corrected chi connectivity index (χ4v) is 2.72. The highest BCUT2D eigenvalue weighted by molar-refractivity contribution is 6.03. The van der Waals surface area contributed by atoms with Crippen molar-refractivity contribution in [3.05, 3.63) is 29.3 Å². The molecular weight excluding hydrogens is 242 g/mol. The van der Waals surface area contributed by atoms with Crippen LogP contribution in [0.15, 0.2) is 18.2 Å². The number of anilines is 1. The summed E-state index contributed by atoms with van der Waals surface area (Å²) >= 11 is 0. The third kappa shape index (κ3) is 2.43. The zero-order valence-electron chi connectivity index (χ0n) is 11.0. The molecule has 0 aromatic heterocycles. The molecule has 0 aliphatic carbocycles. The average Bonchev–Trinajstić information content (AvgIpc) is 2.76. The lowest BCUT2D eigenvalue weighted by Gasteiger charge is -2.28. The number of carbonyl (C=O) groups is 1. The van der Waals surface area contributed by atoms with Gasteiger partial charge in [0.2, 0.25) is 0 Å². The first kappa shape index (κ1) is 12.4. The molecule has 0 saturated carbocycles. The van der Waals surface area contributed by atoms with Gasteiger partial charge in [-0.3, -0.25) is 9.69 Å². The van der Waals surface area contributed by atoms with Crippen LogP contribution in [0.5, 0.6) is 0 Å². The van der Waals surface area contributed by atoms with E-state index in [1.807, 2.05) is 17.0 Å². The minimum atomic E-state index is 0.0707. The average molecular weight is 261 g/mol. The molecule has 1 aromatic rings. The Bertz CT molecular complexity index is 484. The molecule has 19 heavy (non-hydrogen) atoms. The van der Waals surface area contributed by atoms with Gasteiger partial charge in [0, 0.05) is 38.4 Å². The second-order valence-corrected chi connectivity index (χ2v) is 5.06. The molecule has 0 atom stereocenters. The largest absolute Gasteiger partial charge is 0.398 e. The molecule has 1 amide bonds. The number of nitrogens with two attached hydrogens (primary N) is 1. The van der Waals surface area contributed by atoms with Gasteiger partial charge in [-0.15, -0.1) is 0 Å². The second-order valence-electron chi connectivity index (χ2n) is 5.06. The van der Waals surface area contributed by atoms with Crippen LogP contribution in [-0.4, -0.2) is 55.1 Å². The Morgan fingerprint density at radius 1 is 1.21 bits per heavy atom. The number of hydrogen-bond donors (Lipinski definition) is 1. The number of hydrogen-bond acceptors (Lipinski definition) is 4. The zero-order chi connectivity index (χ0) is 13.2. The smallest absolute Gasteiger partial charge is 0.256 e. The summed E-state index contributed by atoms with van der Waals surface area (Å²) in [5, 5.41) is 0. The van der Waals surface area contributed by atoms with Crippen molar-refractivity contribution in [2.75, 3.05) is 45.1 Å². The molecule has 5 heteroatoms. The van der Waals surface area contributed by atoms with Crippen molar-refractivity contribution in [3.63, 3.8) is 0 Å². The van der Waals surface area contributed by atoms with Gasteiger partial charge in [-0.1, -0.05) is 12.1 Å². The Hall–Kier alpha value is -1.59. The molecular formula is C14H19N3O2. The summed E-state index contributed by atoms with van der Waals surface area (Å²) in [6.07, 6.45) is 0. The lowest BCUT2D eigenvalue weighted by atomic mass is 10.1. The Morgan fingerprint density at radius 3 is 2.74 bits per heavy atom. The molecule has 2 N–H and O–H groups in total. The van der Waals surface area contributed by atoms with E-state index in [0.29, 0.717) is 17.8 Å². The van der Waals surface area contributed by atoms with Crippen molar-refractivity contribution in [2.45, 2.75) is 6.54 Å². The van der Waals surface area contributed by atoms with Gasteiger partial charge in [0.05, 0.1) is 18.8 Å². The maximum atomic E-state index is 12.3. The Labute approximate surface area is 112 Å². The molecule has 0 radical (unpaired) electrons. The van der Waals surface area contributed by atoms with Gasteiger partial charge in [-0.25, -0.2) is 0 Å². The Morgan fingerprint density at radius 2 is 2.00 bits per heavy atom. The summed E-state index contributed by atoms with van der Waals surface area (Å²) in [4.78, 5) is 16.5. The molecule has 2 heterocycles. The number of morpholine rings is 1. The van der Waals surface area contributed by atoms with E-state index >= 15 is 0 Å². The number of fused-ring (bicyclic) bond motifs is 1. The van der Waals surface area contributed by atoms with Crippen molar-refractivity contribution >= 4 is 11.6 Å². The van der Waals surface area contributed by atoms with Crippen LogP contribution in [0.25, 0.3) is 0 Å². The SMILES string of the molecule is Nc1cccc2c1C(=O)N(CCN1CCOCC1)C2. The quantitative estimate of drug-likeness (QED) is 0.808. The van der Waals surface area contributed by atoms with Crippen molar-refractivity contribution in [2.24, 2.45) is 0 Å². The number of nitrogen functional groups attached to an aromatic ring is 1. The number of amides is 1. The molecule has 0 bridgehead atoms. The van der Waals surface area contributed by atoms with E-state index in [2.05, 4.69) is 4.90 Å². The lowest BCUT2D eigenvalue weighted by Crippen LogP contribution is -2.41. The molecule has 0 spiro atoms. The summed E-state index contributed by atoms with van der Waals surface area (Å²) in [6.45, 7) is 5.84. The maximum Gasteiger partial charge on any atom is 0.256 e. The number of ether oxygens (including phenoxy) is 1. The standard InChI is InChI=1S/C14H19N3O2/c15-12-3-1-2-11-10-17(14(18)13(11)12)5-4-16-6-8-19-9-7-16/h1-3H,4-10,15H2. The Balaban J connectivity index is 1.62. The third-order valence-electron chi connectivity index (χ3n) is 3.84. The van der Waals surface area contributed by atoms with Crippen LogP contribution >= 0.6 is 0 Å². The lowest BCUT2D eigenvalue weighted by molar-refractivity contribution is 0.0328. The van der Waals surface area contributed by atoms with Gasteiger partial charge in [0.1, 0.15) is 0 Å². The number of nitrogens with zero attached hydrogens (tertiary/aromatic N) is 2. The van der Waals surface area contributed by atoms with E-state index in [0.717, 1.165) is 45.0 Å². The molecule has 3 rings (SSSR count). The van der Waals surface area contributed by atoms with E-state index < -0.39 is 0 Å². The fourth-order valence-electron chi connectivity index (χ4n) is 2.72. The Kier molecular flexibility index (Phi) is 3.40. The van der Waals surface area contributed by atoms with Gasteiger partial charge in [-0.05, 0) is 11.6 Å². The first-order chi connectivity index (χ1) is 9.25. The van der Waals surface area contributed by atoms with E-state index in [9.17, 15) is 4.79 Å². The zero-order valence-corrected chi connectivity index (χ0v) is 11.0. The van der Waals surface area contributed by atoms with Gasteiger partial charge >= 0.3 is 0 Å². The van der Waals surface area contributed by atoms with Crippen LogP contribution in [0.3, 0.4) is 0 Å². The van der Waals surface area contributed by atoms with Gasteiger partial charge in [0.15, 0.2) is 0 Å². The molecule has 5 nitrogen and oxygen atoms in total. The second kappa shape index (κ2) is 5.19. The summed E-state index contributed by atoms with van der Waals surface area (Å²) in [5.41, 5.74) is 8.23. The molecule has 2 aliphatic heterocycles. The van der Waals surface area contributed by atoms with Crippen LogP contribution in [0.1, 0.15) is 15.9 Å². The highest BCUT2D eigenvalue weighted by Crippen LogP contribution is 2.27. The topological polar surface area (TPSA) is 58.8 Å². The van der Waals surface area contributed by atoms with Gasteiger partial charge in [0.25, 0.3) is 5.91 Å². The van der Waals surface area contributed by atoms with Crippen molar-refractivity contribution < 1.29 is 9.53 Å². The monoisotopic (exact) mass is 261 g/mol. The first-order valence-corrected chi connectivity index (χ1v) is 6.72. The predicted molar refractivity (Wildman–Crippen MR) is 72.9 cm³/mol. The molecule has 2 aliphatic rings. The third-order valence-corrected chi connectivity index (χ3v) is 3.84. The molecule has 1 saturated heterocycles. The summed E-state index contributed by atoms with van der Waals surface area (Å²) in [6, 6.07) is 5.69. The van der Waals surface area contributed by atoms with Crippen LogP contribution in [0.2, 0.25) is 0 Å². The van der Waals surface area contributed by atoms with Crippen LogP contribution in [0, 0.1) is 0 Å². The van der Waals surface area contributed by atoms with Crippen LogP contribution in [-0.2, 0) is 11.3 Å². The maximum absolute atomic E-state index is 12.3. The summed E-state index contributed by atoms with van der Waals surface area (Å²) in [5.74, 6) is 0.0707. The van der Waals surface area contributed by atoms with Crippen molar-refractivity contribution in [1.29, 1.82) is 0 Å². The first-order valence-electron chi connectivity index (χ1n) is 6.72. The van der Waals surface area contributed by atoms with Gasteiger partial charge in [-0.2, -0.15) is 0 Å². The molecule has 1 aromatic carbocycles. The number of carbonyl (C=O) groups excluding carboxylic acids is 1. The van der Waals surface area contributed by atoms with E-state index in [1.54, 1.807) is 6.07 Å².